The first-order valence-electron chi connectivity index (χ1n) is 9.74. The molecule has 0 fully saturated rings. The van der Waals surface area contributed by atoms with Gasteiger partial charge in [0, 0.05) is 18.3 Å². The quantitative estimate of drug-likeness (QED) is 0.394. The summed E-state index contributed by atoms with van der Waals surface area (Å²) in [5.74, 6) is 2.11. The first kappa shape index (κ1) is 19.3. The number of nitrogens with one attached hydrogen (secondary N) is 1. The molecule has 0 saturated heterocycles. The summed E-state index contributed by atoms with van der Waals surface area (Å²) in [5, 5.41) is 4.01. The second-order valence-electron chi connectivity index (χ2n) is 7.28. The van der Waals surface area contributed by atoms with Crippen LogP contribution in [0.5, 0.6) is 0 Å². The largest absolute Gasteiger partial charge is 0.442 e. The van der Waals surface area contributed by atoms with Gasteiger partial charge in [0.25, 0.3) is 0 Å². The van der Waals surface area contributed by atoms with Gasteiger partial charge in [-0.3, -0.25) is 4.98 Å². The van der Waals surface area contributed by atoms with Crippen LogP contribution < -0.4 is 5.32 Å². The minimum absolute atomic E-state index is 0.655. The van der Waals surface area contributed by atoms with E-state index in [1.807, 2.05) is 67.9 Å². The number of benzene rings is 1. The zero-order valence-corrected chi connectivity index (χ0v) is 18.0. The van der Waals surface area contributed by atoms with Gasteiger partial charge in [-0.1, -0.05) is 23.7 Å². The monoisotopic (exact) mass is 430 g/mol. The second kappa shape index (κ2) is 7.52. The molecule has 1 aromatic carbocycles. The Balaban J connectivity index is 1.55. The predicted octanol–water partition coefficient (Wildman–Crippen LogP) is 5.70. The van der Waals surface area contributed by atoms with Gasteiger partial charge in [-0.2, -0.15) is 0 Å². The van der Waals surface area contributed by atoms with Crippen molar-refractivity contribution < 1.29 is 4.42 Å². The first-order valence-corrected chi connectivity index (χ1v) is 10.1. The standard InChI is InChI=1S/C23H19ClN6O/c1-13-10-19-20(29-23(30(19)3)16-6-4-5-7-17(16)24)22(27-13)28-15-8-9-18(25-11-15)21-14(2)26-12-31-21/h4-12H,1-3H3,(H,27,28). The fourth-order valence-corrected chi connectivity index (χ4v) is 3.79. The van der Waals surface area contributed by atoms with E-state index in [0.717, 1.165) is 45.2 Å². The zero-order valence-electron chi connectivity index (χ0n) is 17.2. The molecule has 0 aliphatic carbocycles. The summed E-state index contributed by atoms with van der Waals surface area (Å²) in [5.41, 5.74) is 5.80. The lowest BCUT2D eigenvalue weighted by atomic mass is 10.2. The summed E-state index contributed by atoms with van der Waals surface area (Å²) in [6, 6.07) is 13.5. The molecule has 0 aliphatic rings. The maximum Gasteiger partial charge on any atom is 0.181 e. The molecular weight excluding hydrogens is 412 g/mol. The fraction of sp³-hybridized carbons (Fsp3) is 0.130. The maximum absolute atomic E-state index is 6.42. The lowest BCUT2D eigenvalue weighted by Crippen LogP contribution is -1.98. The summed E-state index contributed by atoms with van der Waals surface area (Å²) >= 11 is 6.42. The zero-order chi connectivity index (χ0) is 21.5. The van der Waals surface area contributed by atoms with Crippen LogP contribution in [0.1, 0.15) is 11.4 Å². The van der Waals surface area contributed by atoms with E-state index in [0.29, 0.717) is 16.6 Å². The van der Waals surface area contributed by atoms with Crippen LogP contribution in [0.4, 0.5) is 11.5 Å². The Morgan fingerprint density at radius 3 is 2.58 bits per heavy atom. The molecule has 4 heterocycles. The average Bonchev–Trinajstić information content (AvgIpc) is 3.33. The highest BCUT2D eigenvalue weighted by Gasteiger charge is 2.17. The number of oxazole rings is 1. The van der Waals surface area contributed by atoms with Gasteiger partial charge in [-0.05, 0) is 44.2 Å². The van der Waals surface area contributed by atoms with Crippen molar-refractivity contribution in [3.05, 3.63) is 71.5 Å². The molecule has 1 N–H and O–H groups in total. The van der Waals surface area contributed by atoms with Gasteiger partial charge in [0.15, 0.2) is 18.0 Å². The number of nitrogens with zero attached hydrogens (tertiary/aromatic N) is 5. The first-order chi connectivity index (χ1) is 15.0. The van der Waals surface area contributed by atoms with Crippen LogP contribution in [-0.4, -0.2) is 24.5 Å². The number of anilines is 2. The lowest BCUT2D eigenvalue weighted by molar-refractivity contribution is 0.569. The van der Waals surface area contributed by atoms with Gasteiger partial charge >= 0.3 is 0 Å². The molecule has 0 amide bonds. The van der Waals surface area contributed by atoms with Crippen molar-refractivity contribution in [1.82, 2.24) is 24.5 Å². The topological polar surface area (TPSA) is 81.7 Å². The normalized spacial score (nSPS) is 11.2. The lowest BCUT2D eigenvalue weighted by Gasteiger charge is -2.08. The number of hydrogen-bond acceptors (Lipinski definition) is 6. The van der Waals surface area contributed by atoms with E-state index in [2.05, 4.69) is 20.3 Å². The molecule has 31 heavy (non-hydrogen) atoms. The molecule has 5 aromatic rings. The molecule has 0 bridgehead atoms. The van der Waals surface area contributed by atoms with E-state index in [-0.39, 0.29) is 0 Å². The highest BCUT2D eigenvalue weighted by molar-refractivity contribution is 6.33. The molecule has 0 aliphatic heterocycles. The molecule has 5 rings (SSSR count). The number of aromatic nitrogens is 5. The number of pyridine rings is 2. The van der Waals surface area contributed by atoms with Gasteiger partial charge in [0.1, 0.15) is 17.0 Å². The number of halogens is 1. The number of aryl methyl sites for hydroxylation is 3. The van der Waals surface area contributed by atoms with Crippen LogP contribution in [0.15, 0.2) is 59.5 Å². The maximum atomic E-state index is 6.42. The van der Waals surface area contributed by atoms with Gasteiger partial charge in [0.2, 0.25) is 0 Å². The Morgan fingerprint density at radius 1 is 1.03 bits per heavy atom. The van der Waals surface area contributed by atoms with E-state index >= 15 is 0 Å². The van der Waals surface area contributed by atoms with E-state index in [4.69, 9.17) is 21.0 Å². The number of hydrogen-bond donors (Lipinski definition) is 1. The third kappa shape index (κ3) is 3.43. The summed E-state index contributed by atoms with van der Waals surface area (Å²) in [4.78, 5) is 18.1. The van der Waals surface area contributed by atoms with Crippen LogP contribution >= 0.6 is 11.6 Å². The molecule has 0 radical (unpaired) electrons. The van der Waals surface area contributed by atoms with E-state index in [9.17, 15) is 0 Å². The SMILES string of the molecule is Cc1cc2c(nc(-c3ccccc3Cl)n2C)c(Nc2ccc(-c3ocnc3C)nc2)n1. The Kier molecular flexibility index (Phi) is 4.67. The summed E-state index contributed by atoms with van der Waals surface area (Å²) in [6.45, 7) is 3.85. The number of fused-ring (bicyclic) bond motifs is 1. The molecule has 0 atom stereocenters. The fourth-order valence-electron chi connectivity index (χ4n) is 3.57. The average molecular weight is 431 g/mol. The Hall–Kier alpha value is -3.71. The van der Waals surface area contributed by atoms with E-state index in [1.165, 1.54) is 6.39 Å². The van der Waals surface area contributed by atoms with Gasteiger partial charge in [-0.15, -0.1) is 0 Å². The van der Waals surface area contributed by atoms with Crippen molar-refractivity contribution in [2.75, 3.05) is 5.32 Å². The molecule has 154 valence electrons. The minimum atomic E-state index is 0.655. The third-order valence-electron chi connectivity index (χ3n) is 5.12. The molecule has 0 spiro atoms. The van der Waals surface area contributed by atoms with Crippen molar-refractivity contribution in [1.29, 1.82) is 0 Å². The van der Waals surface area contributed by atoms with Crippen LogP contribution in [0, 0.1) is 13.8 Å². The van der Waals surface area contributed by atoms with Crippen LogP contribution in [0.25, 0.3) is 33.9 Å². The molecule has 4 aromatic heterocycles. The molecule has 0 saturated carbocycles. The smallest absolute Gasteiger partial charge is 0.181 e. The van der Waals surface area contributed by atoms with Crippen molar-refractivity contribution >= 4 is 34.1 Å². The molecule has 7 nitrogen and oxygen atoms in total. The Bertz CT molecular complexity index is 1400. The van der Waals surface area contributed by atoms with Crippen molar-refractivity contribution in [3.63, 3.8) is 0 Å². The summed E-state index contributed by atoms with van der Waals surface area (Å²) in [7, 11) is 1.98. The predicted molar refractivity (Wildman–Crippen MR) is 121 cm³/mol. The number of imidazole rings is 1. The molecule has 8 heteroatoms. The number of rotatable bonds is 4. The molecule has 0 unspecified atom stereocenters. The van der Waals surface area contributed by atoms with Crippen LogP contribution in [-0.2, 0) is 7.05 Å². The van der Waals surface area contributed by atoms with Gasteiger partial charge < -0.3 is 14.3 Å². The van der Waals surface area contributed by atoms with Crippen LogP contribution in [0.3, 0.4) is 0 Å². The third-order valence-corrected chi connectivity index (χ3v) is 5.45. The Morgan fingerprint density at radius 2 is 1.87 bits per heavy atom. The Labute approximate surface area is 183 Å². The van der Waals surface area contributed by atoms with Crippen molar-refractivity contribution in [2.45, 2.75) is 13.8 Å². The molecular formula is C23H19ClN6O. The highest BCUT2D eigenvalue weighted by Crippen LogP contribution is 2.33. The summed E-state index contributed by atoms with van der Waals surface area (Å²) < 4.78 is 7.45. The minimum Gasteiger partial charge on any atom is -0.442 e. The van der Waals surface area contributed by atoms with E-state index in [1.54, 1.807) is 6.20 Å². The highest BCUT2D eigenvalue weighted by atomic mass is 35.5. The van der Waals surface area contributed by atoms with Crippen LogP contribution in [0.2, 0.25) is 5.02 Å². The van der Waals surface area contributed by atoms with Crippen molar-refractivity contribution in [2.24, 2.45) is 7.05 Å². The summed E-state index contributed by atoms with van der Waals surface area (Å²) in [6.07, 6.45) is 3.16. The van der Waals surface area contributed by atoms with Gasteiger partial charge in [-0.25, -0.2) is 15.0 Å². The van der Waals surface area contributed by atoms with E-state index < -0.39 is 0 Å². The van der Waals surface area contributed by atoms with Gasteiger partial charge in [0.05, 0.1) is 28.1 Å². The second-order valence-corrected chi connectivity index (χ2v) is 7.69. The van der Waals surface area contributed by atoms with Crippen molar-refractivity contribution in [3.8, 4) is 22.8 Å².